The van der Waals surface area contributed by atoms with Gasteiger partial charge in [-0.1, -0.05) is 0 Å². The van der Waals surface area contributed by atoms with Crippen molar-refractivity contribution in [1.82, 2.24) is 5.32 Å². The average Bonchev–Trinajstić information content (AvgIpc) is 3.24. The summed E-state index contributed by atoms with van der Waals surface area (Å²) in [6, 6.07) is 0.698. The summed E-state index contributed by atoms with van der Waals surface area (Å²) in [6.45, 7) is 3.16. The minimum absolute atomic E-state index is 0.0548. The molecule has 0 bridgehead atoms. The zero-order valence-electron chi connectivity index (χ0n) is 11.7. The zero-order valence-corrected chi connectivity index (χ0v) is 11.7. The third kappa shape index (κ3) is 3.56. The van der Waals surface area contributed by atoms with Crippen molar-refractivity contribution in [3.8, 4) is 0 Å². The fourth-order valence-electron chi connectivity index (χ4n) is 3.29. The molecule has 1 atom stereocenters. The molecule has 3 aliphatic rings. The highest BCUT2D eigenvalue weighted by Crippen LogP contribution is 2.37. The van der Waals surface area contributed by atoms with E-state index in [2.05, 4.69) is 5.32 Å². The van der Waals surface area contributed by atoms with Crippen LogP contribution in [0, 0.1) is 5.92 Å². The molecule has 0 amide bonds. The minimum atomic E-state index is -0.0548. The van der Waals surface area contributed by atoms with Gasteiger partial charge in [0, 0.05) is 44.7 Å². The Morgan fingerprint density at radius 2 is 1.95 bits per heavy atom. The highest BCUT2D eigenvalue weighted by atomic mass is 16.5. The predicted molar refractivity (Wildman–Crippen MR) is 72.1 cm³/mol. The number of hydrogen-bond donors (Lipinski definition) is 1. The number of carbonyl (C=O) groups is 1. The lowest BCUT2D eigenvalue weighted by Crippen LogP contribution is -2.46. The Kier molecular flexibility index (Phi) is 4.20. The van der Waals surface area contributed by atoms with Crippen molar-refractivity contribution in [2.24, 2.45) is 5.92 Å². The summed E-state index contributed by atoms with van der Waals surface area (Å²) in [5, 5.41) is 3.43. The first kappa shape index (κ1) is 13.5. The van der Waals surface area contributed by atoms with Crippen LogP contribution in [-0.4, -0.2) is 43.8 Å². The number of hydrogen-bond acceptors (Lipinski definition) is 4. The van der Waals surface area contributed by atoms with Crippen molar-refractivity contribution in [1.29, 1.82) is 0 Å². The molecular weight excluding hydrogens is 242 g/mol. The van der Waals surface area contributed by atoms with E-state index in [0.29, 0.717) is 18.2 Å². The van der Waals surface area contributed by atoms with Crippen LogP contribution < -0.4 is 5.32 Å². The van der Waals surface area contributed by atoms with Crippen molar-refractivity contribution in [2.75, 3.05) is 26.4 Å². The van der Waals surface area contributed by atoms with Crippen LogP contribution in [-0.2, 0) is 14.3 Å². The second kappa shape index (κ2) is 5.90. The van der Waals surface area contributed by atoms with Crippen LogP contribution in [0.5, 0.6) is 0 Å². The Hall–Kier alpha value is -0.450. The molecule has 0 aromatic carbocycles. The van der Waals surface area contributed by atoms with E-state index in [4.69, 9.17) is 9.47 Å². The van der Waals surface area contributed by atoms with Crippen molar-refractivity contribution in [2.45, 2.75) is 56.6 Å². The highest BCUT2D eigenvalue weighted by Gasteiger charge is 2.40. The lowest BCUT2D eigenvalue weighted by Gasteiger charge is -2.43. The van der Waals surface area contributed by atoms with E-state index in [1.807, 2.05) is 0 Å². The van der Waals surface area contributed by atoms with Crippen LogP contribution in [0.2, 0.25) is 0 Å². The maximum absolute atomic E-state index is 12.3. The van der Waals surface area contributed by atoms with Gasteiger partial charge in [-0.25, -0.2) is 0 Å². The van der Waals surface area contributed by atoms with Crippen molar-refractivity contribution < 1.29 is 14.3 Å². The molecule has 108 valence electrons. The van der Waals surface area contributed by atoms with Crippen LogP contribution in [0.15, 0.2) is 0 Å². The van der Waals surface area contributed by atoms with E-state index in [9.17, 15) is 4.79 Å². The van der Waals surface area contributed by atoms with Gasteiger partial charge in [0.25, 0.3) is 0 Å². The van der Waals surface area contributed by atoms with Crippen LogP contribution in [0.25, 0.3) is 0 Å². The van der Waals surface area contributed by atoms with Gasteiger partial charge in [0.05, 0.1) is 5.60 Å². The summed E-state index contributed by atoms with van der Waals surface area (Å²) in [6.07, 6.45) is 6.99. The topological polar surface area (TPSA) is 47.6 Å². The van der Waals surface area contributed by atoms with Crippen molar-refractivity contribution >= 4 is 5.78 Å². The third-order valence-electron chi connectivity index (χ3n) is 4.73. The van der Waals surface area contributed by atoms with Gasteiger partial charge in [0.15, 0.2) is 0 Å². The third-order valence-corrected chi connectivity index (χ3v) is 4.73. The van der Waals surface area contributed by atoms with Gasteiger partial charge in [0.2, 0.25) is 0 Å². The molecule has 3 rings (SSSR count). The molecule has 19 heavy (non-hydrogen) atoms. The Labute approximate surface area is 115 Å². The Bertz CT molecular complexity index is 316. The number of carbonyl (C=O) groups excluding carboxylic acids is 1. The summed E-state index contributed by atoms with van der Waals surface area (Å²) in [5.74, 6) is 0.648. The SMILES string of the molecule is O=C(CCNC1CC1)C1CCOC2(CCOCC2)C1. The van der Waals surface area contributed by atoms with Gasteiger partial charge >= 0.3 is 0 Å². The molecule has 2 saturated heterocycles. The van der Waals surface area contributed by atoms with Crippen molar-refractivity contribution in [3.63, 3.8) is 0 Å². The van der Waals surface area contributed by atoms with Gasteiger partial charge in [-0.2, -0.15) is 0 Å². The molecule has 0 aromatic rings. The molecule has 1 unspecified atom stereocenters. The first-order valence-corrected chi connectivity index (χ1v) is 7.75. The van der Waals surface area contributed by atoms with Crippen LogP contribution in [0.4, 0.5) is 0 Å². The number of nitrogens with one attached hydrogen (secondary N) is 1. The maximum atomic E-state index is 12.3. The van der Waals surface area contributed by atoms with E-state index < -0.39 is 0 Å². The molecule has 1 N–H and O–H groups in total. The molecule has 1 saturated carbocycles. The second-order valence-electron chi connectivity index (χ2n) is 6.28. The van der Waals surface area contributed by atoms with E-state index >= 15 is 0 Å². The molecule has 2 heterocycles. The van der Waals surface area contributed by atoms with Crippen LogP contribution >= 0.6 is 0 Å². The Balaban J connectivity index is 1.47. The minimum Gasteiger partial charge on any atom is -0.381 e. The summed E-state index contributed by atoms with van der Waals surface area (Å²) < 4.78 is 11.4. The number of Topliss-reactive ketones (excluding diaryl/α,β-unsaturated/α-hetero) is 1. The zero-order chi connectivity index (χ0) is 13.1. The molecule has 2 aliphatic heterocycles. The average molecular weight is 267 g/mol. The summed E-state index contributed by atoms with van der Waals surface area (Å²) in [5.41, 5.74) is -0.0548. The van der Waals surface area contributed by atoms with Gasteiger partial charge in [-0.15, -0.1) is 0 Å². The van der Waals surface area contributed by atoms with E-state index in [-0.39, 0.29) is 11.5 Å². The van der Waals surface area contributed by atoms with Gasteiger partial charge in [-0.3, -0.25) is 4.79 Å². The van der Waals surface area contributed by atoms with E-state index in [0.717, 1.165) is 52.0 Å². The monoisotopic (exact) mass is 267 g/mol. The normalized spacial score (nSPS) is 30.4. The molecule has 4 heteroatoms. The molecule has 0 aromatic heterocycles. The standard InChI is InChI=1S/C15H25NO3/c17-14(3-7-16-13-1-2-13)12-4-8-19-15(11-12)5-9-18-10-6-15/h12-13,16H,1-11H2. The number of ether oxygens (including phenoxy) is 2. The number of rotatable bonds is 5. The Morgan fingerprint density at radius 3 is 2.68 bits per heavy atom. The Morgan fingerprint density at radius 1 is 1.16 bits per heavy atom. The van der Waals surface area contributed by atoms with Gasteiger partial charge in [0.1, 0.15) is 5.78 Å². The lowest BCUT2D eigenvalue weighted by molar-refractivity contribution is -0.156. The molecule has 3 fully saturated rings. The van der Waals surface area contributed by atoms with Gasteiger partial charge in [-0.05, 0) is 38.5 Å². The van der Waals surface area contributed by atoms with E-state index in [1.54, 1.807) is 0 Å². The lowest BCUT2D eigenvalue weighted by atomic mass is 9.78. The van der Waals surface area contributed by atoms with Crippen molar-refractivity contribution in [3.05, 3.63) is 0 Å². The van der Waals surface area contributed by atoms with Gasteiger partial charge < -0.3 is 14.8 Å². The number of ketones is 1. The highest BCUT2D eigenvalue weighted by molar-refractivity contribution is 5.81. The maximum Gasteiger partial charge on any atom is 0.137 e. The molecular formula is C15H25NO3. The first-order valence-electron chi connectivity index (χ1n) is 7.75. The quantitative estimate of drug-likeness (QED) is 0.823. The summed E-state index contributed by atoms with van der Waals surface area (Å²) >= 11 is 0. The molecule has 1 spiro atoms. The molecule has 0 radical (unpaired) electrons. The summed E-state index contributed by atoms with van der Waals surface area (Å²) in [4.78, 5) is 12.3. The van der Waals surface area contributed by atoms with E-state index in [1.165, 1.54) is 12.8 Å². The largest absolute Gasteiger partial charge is 0.381 e. The predicted octanol–water partition coefficient (Wildman–Crippen LogP) is 1.67. The molecule has 1 aliphatic carbocycles. The fraction of sp³-hybridized carbons (Fsp3) is 0.933. The van der Waals surface area contributed by atoms with Crippen LogP contribution in [0.1, 0.15) is 44.9 Å². The molecule has 4 nitrogen and oxygen atoms in total. The summed E-state index contributed by atoms with van der Waals surface area (Å²) in [7, 11) is 0. The first-order chi connectivity index (χ1) is 9.27. The second-order valence-corrected chi connectivity index (χ2v) is 6.28. The van der Waals surface area contributed by atoms with Crippen LogP contribution in [0.3, 0.4) is 0 Å². The smallest absolute Gasteiger partial charge is 0.137 e. The fourth-order valence-corrected chi connectivity index (χ4v) is 3.29.